The Morgan fingerprint density at radius 2 is 1.74 bits per heavy atom. The van der Waals surface area contributed by atoms with Crippen LogP contribution in [-0.4, -0.2) is 26.8 Å². The molecular weight excluding hydrogens is 260 g/mol. The van der Waals surface area contributed by atoms with Crippen LogP contribution in [0.3, 0.4) is 0 Å². The Morgan fingerprint density at radius 1 is 1.16 bits per heavy atom. The molecule has 1 aliphatic rings. The maximum Gasteiger partial charge on any atom is 0.232 e. The summed E-state index contributed by atoms with van der Waals surface area (Å²) in [5.41, 5.74) is 6.24. The number of sulfonamides is 1. The van der Waals surface area contributed by atoms with Crippen molar-refractivity contribution in [2.75, 3.05) is 17.1 Å². The van der Waals surface area contributed by atoms with Gasteiger partial charge in [0.05, 0.1) is 17.5 Å². The molecule has 2 N–H and O–H groups in total. The van der Waals surface area contributed by atoms with Crippen LogP contribution in [-0.2, 0) is 10.0 Å². The van der Waals surface area contributed by atoms with Gasteiger partial charge < -0.3 is 5.73 Å². The van der Waals surface area contributed by atoms with Gasteiger partial charge in [0.1, 0.15) is 0 Å². The molecule has 0 spiro atoms. The first kappa shape index (κ1) is 14.3. The molecule has 1 aliphatic carbocycles. The highest BCUT2D eigenvalue weighted by molar-refractivity contribution is 7.92. The van der Waals surface area contributed by atoms with E-state index in [9.17, 15) is 8.42 Å². The van der Waals surface area contributed by atoms with Crippen LogP contribution in [0.4, 0.5) is 5.69 Å². The van der Waals surface area contributed by atoms with Crippen molar-refractivity contribution in [1.29, 1.82) is 0 Å². The van der Waals surface area contributed by atoms with E-state index >= 15 is 0 Å². The van der Waals surface area contributed by atoms with E-state index in [-0.39, 0.29) is 0 Å². The molecule has 0 bridgehead atoms. The predicted octanol–water partition coefficient (Wildman–Crippen LogP) is 2.11. The lowest BCUT2D eigenvalue weighted by molar-refractivity contribution is 0.307. The molecule has 1 fully saturated rings. The predicted molar refractivity (Wildman–Crippen MR) is 78.6 cm³/mol. The zero-order valence-electron chi connectivity index (χ0n) is 11.4. The van der Waals surface area contributed by atoms with Gasteiger partial charge in [0.25, 0.3) is 0 Å². The zero-order chi connectivity index (χ0) is 13.9. The van der Waals surface area contributed by atoms with Gasteiger partial charge in [-0.3, -0.25) is 4.31 Å². The van der Waals surface area contributed by atoms with Gasteiger partial charge in [-0.05, 0) is 25.0 Å². The van der Waals surface area contributed by atoms with E-state index in [0.717, 1.165) is 37.8 Å². The number of benzene rings is 1. The van der Waals surface area contributed by atoms with Gasteiger partial charge >= 0.3 is 0 Å². The van der Waals surface area contributed by atoms with Crippen LogP contribution in [0.5, 0.6) is 0 Å². The normalized spacial score (nSPS) is 19.1. The lowest BCUT2D eigenvalue weighted by atomic mass is 9.81. The second-order valence-corrected chi connectivity index (χ2v) is 7.18. The van der Waals surface area contributed by atoms with E-state index in [1.54, 1.807) is 4.31 Å². The molecule has 0 saturated heterocycles. The van der Waals surface area contributed by atoms with Gasteiger partial charge in [0.2, 0.25) is 10.0 Å². The van der Waals surface area contributed by atoms with Gasteiger partial charge in [0, 0.05) is 6.54 Å². The molecule has 0 heterocycles. The lowest BCUT2D eigenvalue weighted by Crippen LogP contribution is -2.57. The van der Waals surface area contributed by atoms with E-state index in [1.807, 2.05) is 30.3 Å². The summed E-state index contributed by atoms with van der Waals surface area (Å²) in [6.45, 7) is 0.370. The number of para-hydroxylation sites is 1. The van der Waals surface area contributed by atoms with Crippen LogP contribution in [0, 0.1) is 0 Å². The van der Waals surface area contributed by atoms with E-state index in [1.165, 1.54) is 6.26 Å². The minimum Gasteiger partial charge on any atom is -0.328 e. The SMILES string of the molecule is CS(=O)(=O)N(c1ccccc1)C1(CN)CCCCC1. The Balaban J connectivity index is 2.49. The summed E-state index contributed by atoms with van der Waals surface area (Å²) in [5, 5.41) is 0. The highest BCUT2D eigenvalue weighted by Gasteiger charge is 2.41. The summed E-state index contributed by atoms with van der Waals surface area (Å²) < 4.78 is 26.1. The highest BCUT2D eigenvalue weighted by atomic mass is 32.2. The van der Waals surface area contributed by atoms with E-state index in [2.05, 4.69) is 0 Å². The molecule has 0 unspecified atom stereocenters. The molecule has 0 radical (unpaired) electrons. The Kier molecular flexibility index (Phi) is 4.16. The molecule has 1 aromatic carbocycles. The fourth-order valence-electron chi connectivity index (χ4n) is 3.08. The first-order chi connectivity index (χ1) is 8.99. The van der Waals surface area contributed by atoms with Crippen molar-refractivity contribution in [3.8, 4) is 0 Å². The molecule has 4 nitrogen and oxygen atoms in total. The molecule has 5 heteroatoms. The molecule has 19 heavy (non-hydrogen) atoms. The average Bonchev–Trinajstić information content (AvgIpc) is 2.39. The largest absolute Gasteiger partial charge is 0.328 e. The van der Waals surface area contributed by atoms with Gasteiger partial charge in [-0.1, -0.05) is 37.5 Å². The van der Waals surface area contributed by atoms with Crippen molar-refractivity contribution < 1.29 is 8.42 Å². The molecule has 2 rings (SSSR count). The number of hydrogen-bond acceptors (Lipinski definition) is 3. The monoisotopic (exact) mass is 282 g/mol. The Bertz CT molecular complexity index is 508. The Labute approximate surface area is 115 Å². The maximum atomic E-state index is 12.3. The van der Waals surface area contributed by atoms with Crippen LogP contribution in [0.15, 0.2) is 30.3 Å². The number of nitrogens with zero attached hydrogens (tertiary/aromatic N) is 1. The second-order valence-electron chi connectivity index (χ2n) is 5.35. The van der Waals surface area contributed by atoms with Crippen LogP contribution >= 0.6 is 0 Å². The van der Waals surface area contributed by atoms with Crippen LogP contribution in [0.2, 0.25) is 0 Å². The van der Waals surface area contributed by atoms with Crippen LogP contribution < -0.4 is 10.0 Å². The molecule has 0 amide bonds. The van der Waals surface area contributed by atoms with Gasteiger partial charge in [-0.25, -0.2) is 8.42 Å². The fraction of sp³-hybridized carbons (Fsp3) is 0.571. The van der Waals surface area contributed by atoms with Gasteiger partial charge in [-0.15, -0.1) is 0 Å². The number of rotatable bonds is 4. The smallest absolute Gasteiger partial charge is 0.232 e. The first-order valence-electron chi connectivity index (χ1n) is 6.75. The Hall–Kier alpha value is -1.07. The van der Waals surface area contributed by atoms with Crippen molar-refractivity contribution in [3.63, 3.8) is 0 Å². The fourth-order valence-corrected chi connectivity index (χ4v) is 4.55. The Morgan fingerprint density at radius 3 is 2.21 bits per heavy atom. The summed E-state index contributed by atoms with van der Waals surface area (Å²) >= 11 is 0. The lowest BCUT2D eigenvalue weighted by Gasteiger charge is -2.45. The van der Waals surface area contributed by atoms with E-state index < -0.39 is 15.6 Å². The second kappa shape index (κ2) is 5.51. The van der Waals surface area contributed by atoms with Gasteiger partial charge in [0.15, 0.2) is 0 Å². The zero-order valence-corrected chi connectivity index (χ0v) is 12.2. The molecule has 106 valence electrons. The van der Waals surface area contributed by atoms with Crippen molar-refractivity contribution in [1.82, 2.24) is 0 Å². The number of hydrogen-bond donors (Lipinski definition) is 1. The van der Waals surface area contributed by atoms with Gasteiger partial charge in [-0.2, -0.15) is 0 Å². The van der Waals surface area contributed by atoms with Crippen molar-refractivity contribution >= 4 is 15.7 Å². The third kappa shape index (κ3) is 2.92. The molecule has 0 atom stereocenters. The average molecular weight is 282 g/mol. The first-order valence-corrected chi connectivity index (χ1v) is 8.60. The summed E-state index contributed by atoms with van der Waals surface area (Å²) in [5.74, 6) is 0. The molecule has 1 aromatic rings. The summed E-state index contributed by atoms with van der Waals surface area (Å²) in [7, 11) is -3.33. The summed E-state index contributed by atoms with van der Waals surface area (Å²) in [4.78, 5) is 0. The molecule has 0 aliphatic heterocycles. The highest BCUT2D eigenvalue weighted by Crippen LogP contribution is 2.37. The number of nitrogens with two attached hydrogens (primary N) is 1. The minimum absolute atomic E-state index is 0.370. The van der Waals surface area contributed by atoms with E-state index in [0.29, 0.717) is 6.54 Å². The van der Waals surface area contributed by atoms with Crippen molar-refractivity contribution in [2.24, 2.45) is 5.73 Å². The standard InChI is InChI=1S/C14H22N2O2S/c1-19(17,18)16(13-8-4-2-5-9-13)14(12-15)10-6-3-7-11-14/h2,4-5,8-9H,3,6-7,10-12,15H2,1H3. The third-order valence-corrected chi connectivity index (χ3v) is 5.18. The molecule has 1 saturated carbocycles. The third-order valence-electron chi connectivity index (χ3n) is 3.92. The topological polar surface area (TPSA) is 63.4 Å². The quantitative estimate of drug-likeness (QED) is 0.920. The number of anilines is 1. The molecular formula is C14H22N2O2S. The van der Waals surface area contributed by atoms with Crippen LogP contribution in [0.1, 0.15) is 32.1 Å². The summed E-state index contributed by atoms with van der Waals surface area (Å²) in [6.07, 6.45) is 6.18. The minimum atomic E-state index is -3.33. The van der Waals surface area contributed by atoms with E-state index in [4.69, 9.17) is 5.73 Å². The maximum absolute atomic E-state index is 12.3. The molecule has 0 aromatic heterocycles. The van der Waals surface area contributed by atoms with Crippen molar-refractivity contribution in [2.45, 2.75) is 37.6 Å². The van der Waals surface area contributed by atoms with Crippen LogP contribution in [0.25, 0.3) is 0 Å². The summed E-state index contributed by atoms with van der Waals surface area (Å²) in [6, 6.07) is 9.29. The van der Waals surface area contributed by atoms with Crippen molar-refractivity contribution in [3.05, 3.63) is 30.3 Å².